The van der Waals surface area contributed by atoms with Crippen molar-refractivity contribution in [3.05, 3.63) is 72.9 Å². The fourth-order valence-electron chi connectivity index (χ4n) is 3.76. The molecule has 2 aromatic heterocycles. The zero-order valence-electron chi connectivity index (χ0n) is 16.7. The molecule has 1 saturated heterocycles. The normalized spacial score (nSPS) is 14.8. The molecule has 3 aromatic rings. The van der Waals surface area contributed by atoms with Gasteiger partial charge < -0.3 is 9.80 Å². The summed E-state index contributed by atoms with van der Waals surface area (Å²) < 4.78 is 1.36. The second-order valence-electron chi connectivity index (χ2n) is 7.27. The quantitative estimate of drug-likeness (QED) is 0.525. The molecule has 29 heavy (non-hydrogen) atoms. The van der Waals surface area contributed by atoms with Gasteiger partial charge in [0.1, 0.15) is 18.0 Å². The number of hydrogen-bond acceptors (Lipinski definition) is 6. The Morgan fingerprint density at radius 3 is 2.55 bits per heavy atom. The van der Waals surface area contributed by atoms with Crippen molar-refractivity contribution >= 4 is 33.1 Å². The molecule has 1 aromatic carbocycles. The first-order valence-corrected chi connectivity index (χ1v) is 10.9. The molecule has 150 valence electrons. The number of piperazine rings is 1. The highest BCUT2D eigenvalue weighted by atomic mass is 32.1. The van der Waals surface area contributed by atoms with Crippen LogP contribution in [-0.2, 0) is 6.54 Å². The Bertz CT molecular complexity index is 964. The van der Waals surface area contributed by atoms with E-state index in [1.165, 1.54) is 15.6 Å². The largest absolute Gasteiger partial charge is 0.354 e. The SMILES string of the molecule is C=CCN(CC=C)c1cc(N2CCN(Cc3ccc4sccc4c3)CC2)ncn1. The summed E-state index contributed by atoms with van der Waals surface area (Å²) in [5.41, 5.74) is 1.39. The second-order valence-corrected chi connectivity index (χ2v) is 8.22. The van der Waals surface area contributed by atoms with Gasteiger partial charge in [0.05, 0.1) is 0 Å². The molecule has 0 radical (unpaired) electrons. The van der Waals surface area contributed by atoms with Crippen molar-refractivity contribution in [1.82, 2.24) is 14.9 Å². The van der Waals surface area contributed by atoms with Gasteiger partial charge >= 0.3 is 0 Å². The third-order valence-electron chi connectivity index (χ3n) is 5.28. The smallest absolute Gasteiger partial charge is 0.134 e. The van der Waals surface area contributed by atoms with E-state index in [0.29, 0.717) is 0 Å². The average Bonchev–Trinajstić information content (AvgIpc) is 3.22. The van der Waals surface area contributed by atoms with Crippen molar-refractivity contribution in [1.29, 1.82) is 0 Å². The first kappa shape index (κ1) is 19.6. The van der Waals surface area contributed by atoms with E-state index in [1.807, 2.05) is 12.2 Å². The maximum Gasteiger partial charge on any atom is 0.134 e. The van der Waals surface area contributed by atoms with Gasteiger partial charge in [-0.15, -0.1) is 24.5 Å². The predicted molar refractivity (Wildman–Crippen MR) is 124 cm³/mol. The van der Waals surface area contributed by atoms with Gasteiger partial charge in [0, 0.05) is 56.6 Å². The maximum absolute atomic E-state index is 4.52. The van der Waals surface area contributed by atoms with Crippen LogP contribution in [-0.4, -0.2) is 54.1 Å². The molecule has 3 heterocycles. The number of nitrogens with zero attached hydrogens (tertiary/aromatic N) is 5. The molecule has 0 saturated carbocycles. The minimum Gasteiger partial charge on any atom is -0.354 e. The van der Waals surface area contributed by atoms with Crippen LogP contribution in [0.1, 0.15) is 5.56 Å². The highest BCUT2D eigenvalue weighted by Gasteiger charge is 2.19. The summed E-state index contributed by atoms with van der Waals surface area (Å²) in [5, 5.41) is 3.51. The van der Waals surface area contributed by atoms with Crippen LogP contribution in [0, 0.1) is 0 Å². The van der Waals surface area contributed by atoms with E-state index in [9.17, 15) is 0 Å². The summed E-state index contributed by atoms with van der Waals surface area (Å²) in [7, 11) is 0. The lowest BCUT2D eigenvalue weighted by Gasteiger charge is -2.35. The number of rotatable bonds is 8. The topological polar surface area (TPSA) is 35.5 Å². The molecule has 0 atom stereocenters. The first-order valence-electron chi connectivity index (χ1n) is 9.99. The van der Waals surface area contributed by atoms with Gasteiger partial charge in [-0.3, -0.25) is 4.90 Å². The number of benzene rings is 1. The number of anilines is 2. The number of fused-ring (bicyclic) bond motifs is 1. The summed E-state index contributed by atoms with van der Waals surface area (Å²) in [6.45, 7) is 14.2. The van der Waals surface area contributed by atoms with Crippen molar-refractivity contribution < 1.29 is 0 Å². The standard InChI is InChI=1S/C23H27N5S/c1-3-8-27(9-4-2)22-16-23(25-18-24-22)28-12-10-26(11-13-28)17-19-5-6-21-20(15-19)7-14-29-21/h3-7,14-16,18H,1-2,8-13,17H2. The molecule has 0 unspecified atom stereocenters. The molecule has 0 N–H and O–H groups in total. The minimum atomic E-state index is 0.741. The minimum absolute atomic E-state index is 0.741. The zero-order valence-corrected chi connectivity index (χ0v) is 17.5. The van der Waals surface area contributed by atoms with E-state index in [0.717, 1.165) is 57.4 Å². The molecule has 6 heteroatoms. The van der Waals surface area contributed by atoms with Crippen LogP contribution in [0.5, 0.6) is 0 Å². The Morgan fingerprint density at radius 1 is 1.00 bits per heavy atom. The van der Waals surface area contributed by atoms with E-state index in [4.69, 9.17) is 0 Å². The van der Waals surface area contributed by atoms with Crippen molar-refractivity contribution in [3.63, 3.8) is 0 Å². The third kappa shape index (κ3) is 4.66. The number of thiophene rings is 1. The highest BCUT2D eigenvalue weighted by Crippen LogP contribution is 2.23. The van der Waals surface area contributed by atoms with Gasteiger partial charge in [-0.05, 0) is 34.5 Å². The molecule has 0 amide bonds. The predicted octanol–water partition coefficient (Wildman–Crippen LogP) is 4.19. The molecule has 4 rings (SSSR count). The Hall–Kier alpha value is -2.70. The van der Waals surface area contributed by atoms with Crippen LogP contribution >= 0.6 is 11.3 Å². The van der Waals surface area contributed by atoms with Crippen LogP contribution in [0.3, 0.4) is 0 Å². The number of aromatic nitrogens is 2. The van der Waals surface area contributed by atoms with Gasteiger partial charge in [0.15, 0.2) is 0 Å². The lowest BCUT2D eigenvalue weighted by Crippen LogP contribution is -2.46. The summed E-state index contributed by atoms with van der Waals surface area (Å²) in [6.07, 6.45) is 5.43. The van der Waals surface area contributed by atoms with Crippen molar-refractivity contribution in [2.45, 2.75) is 6.54 Å². The Kier molecular flexibility index (Phi) is 6.22. The van der Waals surface area contributed by atoms with Gasteiger partial charge in [-0.1, -0.05) is 18.2 Å². The van der Waals surface area contributed by atoms with E-state index >= 15 is 0 Å². The fraction of sp³-hybridized carbons (Fsp3) is 0.304. The zero-order chi connectivity index (χ0) is 20.1. The van der Waals surface area contributed by atoms with Crippen LogP contribution < -0.4 is 9.80 Å². The Morgan fingerprint density at radius 2 is 1.79 bits per heavy atom. The third-order valence-corrected chi connectivity index (χ3v) is 6.18. The van der Waals surface area contributed by atoms with E-state index in [1.54, 1.807) is 17.7 Å². The molecule has 5 nitrogen and oxygen atoms in total. The second kappa shape index (κ2) is 9.20. The van der Waals surface area contributed by atoms with Gasteiger partial charge in [-0.2, -0.15) is 0 Å². The monoisotopic (exact) mass is 405 g/mol. The average molecular weight is 406 g/mol. The molecule has 0 aliphatic carbocycles. The summed E-state index contributed by atoms with van der Waals surface area (Å²) in [5.74, 6) is 1.91. The van der Waals surface area contributed by atoms with Crippen LogP contribution in [0.2, 0.25) is 0 Å². The summed E-state index contributed by atoms with van der Waals surface area (Å²) >= 11 is 1.80. The van der Waals surface area contributed by atoms with Crippen LogP contribution in [0.4, 0.5) is 11.6 Å². The molecule has 1 fully saturated rings. The van der Waals surface area contributed by atoms with Crippen LogP contribution in [0.25, 0.3) is 10.1 Å². The molecule has 0 bridgehead atoms. The van der Waals surface area contributed by atoms with E-state index in [-0.39, 0.29) is 0 Å². The van der Waals surface area contributed by atoms with Crippen molar-refractivity contribution in [3.8, 4) is 0 Å². The van der Waals surface area contributed by atoms with E-state index in [2.05, 4.69) is 73.5 Å². The Balaban J connectivity index is 1.38. The lowest BCUT2D eigenvalue weighted by molar-refractivity contribution is 0.249. The van der Waals surface area contributed by atoms with Crippen molar-refractivity contribution in [2.75, 3.05) is 49.1 Å². The highest BCUT2D eigenvalue weighted by molar-refractivity contribution is 7.17. The fourth-order valence-corrected chi connectivity index (χ4v) is 4.53. The maximum atomic E-state index is 4.52. The van der Waals surface area contributed by atoms with Gasteiger partial charge in [0.25, 0.3) is 0 Å². The van der Waals surface area contributed by atoms with Gasteiger partial charge in [0.2, 0.25) is 0 Å². The summed E-state index contributed by atoms with van der Waals surface area (Å²) in [4.78, 5) is 16.0. The molecule has 1 aliphatic heterocycles. The molecule has 1 aliphatic rings. The van der Waals surface area contributed by atoms with Gasteiger partial charge in [-0.25, -0.2) is 9.97 Å². The van der Waals surface area contributed by atoms with E-state index < -0.39 is 0 Å². The number of hydrogen-bond donors (Lipinski definition) is 0. The molecule has 0 spiro atoms. The van der Waals surface area contributed by atoms with Crippen LogP contribution in [0.15, 0.2) is 67.3 Å². The Labute approximate surface area is 176 Å². The molecular weight excluding hydrogens is 378 g/mol. The van der Waals surface area contributed by atoms with Crippen molar-refractivity contribution in [2.24, 2.45) is 0 Å². The summed E-state index contributed by atoms with van der Waals surface area (Å²) in [6, 6.07) is 11.1. The molecular formula is C23H27N5S. The first-order chi connectivity index (χ1) is 14.3. The lowest BCUT2D eigenvalue weighted by atomic mass is 10.1.